The van der Waals surface area contributed by atoms with Crippen LogP contribution in [0.1, 0.15) is 0 Å². The first-order valence-electron chi connectivity index (χ1n) is 3.66. The van der Waals surface area contributed by atoms with Gasteiger partial charge in [0.05, 0.1) is 0 Å². The molecule has 0 aromatic heterocycles. The van der Waals surface area contributed by atoms with Crippen molar-refractivity contribution >= 4 is 28.0 Å². The smallest absolute Gasteiger partial charge is 0.450 e. The Bertz CT molecular complexity index is 227. The van der Waals surface area contributed by atoms with Gasteiger partial charge in [-0.2, -0.15) is 0 Å². The highest BCUT2D eigenvalue weighted by atomic mass is 16.6. The highest BCUT2D eigenvalue weighted by molar-refractivity contribution is 6.68. The van der Waals surface area contributed by atoms with Crippen LogP contribution in [-0.2, 0) is 9.14 Å². The fourth-order valence-electron chi connectivity index (χ4n) is 0.910. The number of rotatable bonds is 5. The summed E-state index contributed by atoms with van der Waals surface area (Å²) < 4.78 is 9.37. The third-order valence-corrected chi connectivity index (χ3v) is 1.44. The van der Waals surface area contributed by atoms with Gasteiger partial charge < -0.3 is 19.2 Å². The monoisotopic (exact) mass is 176 g/mol. The van der Waals surface area contributed by atoms with Crippen LogP contribution in [0.3, 0.4) is 0 Å². The molecule has 2 N–H and O–H groups in total. The van der Waals surface area contributed by atoms with Gasteiger partial charge in [0.25, 0.3) is 0 Å². The van der Waals surface area contributed by atoms with E-state index >= 15 is 0 Å². The van der Waals surface area contributed by atoms with E-state index < -0.39 is 7.12 Å². The second-order valence-corrected chi connectivity index (χ2v) is 2.23. The van der Waals surface area contributed by atoms with Crippen molar-refractivity contribution in [2.24, 2.45) is 0 Å². The molecule has 1 rings (SSSR count). The predicted molar refractivity (Wildman–Crippen MR) is 49.9 cm³/mol. The SMILES string of the molecule is O[B]OB(O[B]O)c1ccccc1. The summed E-state index contributed by atoms with van der Waals surface area (Å²) in [5, 5.41) is 16.8. The van der Waals surface area contributed by atoms with Crippen molar-refractivity contribution in [3.05, 3.63) is 30.3 Å². The molecule has 0 spiro atoms. The van der Waals surface area contributed by atoms with Gasteiger partial charge in [-0.25, -0.2) is 0 Å². The zero-order valence-corrected chi connectivity index (χ0v) is 6.83. The molecule has 0 fully saturated rings. The summed E-state index contributed by atoms with van der Waals surface area (Å²) in [6, 6.07) is 8.93. The molecule has 0 atom stereocenters. The largest absolute Gasteiger partial charge is 0.470 e. The van der Waals surface area contributed by atoms with E-state index in [4.69, 9.17) is 10.0 Å². The molecule has 0 bridgehead atoms. The summed E-state index contributed by atoms with van der Waals surface area (Å²) in [6.45, 7) is 0. The minimum Gasteiger partial charge on any atom is -0.450 e. The van der Waals surface area contributed by atoms with E-state index in [1.165, 1.54) is 0 Å². The van der Waals surface area contributed by atoms with Gasteiger partial charge in [0.2, 0.25) is 0 Å². The normalized spacial score (nSPS) is 9.38. The van der Waals surface area contributed by atoms with Crippen LogP contribution in [0.5, 0.6) is 0 Å². The second kappa shape index (κ2) is 5.82. The topological polar surface area (TPSA) is 58.9 Å². The lowest BCUT2D eigenvalue weighted by Gasteiger charge is -2.10. The first-order valence-corrected chi connectivity index (χ1v) is 3.66. The van der Waals surface area contributed by atoms with Crippen molar-refractivity contribution in [1.29, 1.82) is 0 Å². The quantitative estimate of drug-likeness (QED) is 0.533. The summed E-state index contributed by atoms with van der Waals surface area (Å²) in [5.41, 5.74) is 0.693. The van der Waals surface area contributed by atoms with E-state index in [1.54, 1.807) is 24.3 Å². The molecule has 7 heteroatoms. The Morgan fingerprint density at radius 2 is 1.54 bits per heavy atom. The molecule has 1 aromatic carbocycles. The van der Waals surface area contributed by atoms with Gasteiger partial charge in [-0.1, -0.05) is 30.3 Å². The highest BCUT2D eigenvalue weighted by Gasteiger charge is 2.20. The Balaban J connectivity index is 2.64. The molecule has 0 heterocycles. The maximum absolute atomic E-state index is 8.40. The molecule has 0 amide bonds. The fourth-order valence-corrected chi connectivity index (χ4v) is 0.910. The standard InChI is InChI=1S/C6H7B3O4/c10-7-12-9(13-8-11)6-4-2-1-3-5-6/h1-5,10-11H. The Morgan fingerprint density at radius 1 is 1.00 bits per heavy atom. The molecular weight excluding hydrogens is 168 g/mol. The molecule has 64 valence electrons. The highest BCUT2D eigenvalue weighted by Crippen LogP contribution is 1.90. The third-order valence-electron chi connectivity index (χ3n) is 1.44. The summed E-state index contributed by atoms with van der Waals surface area (Å²) in [5.74, 6) is 0. The maximum atomic E-state index is 8.40. The van der Waals surface area contributed by atoms with Crippen LogP contribution in [-0.4, -0.2) is 32.5 Å². The predicted octanol–water partition coefficient (Wildman–Crippen LogP) is -1.53. The van der Waals surface area contributed by atoms with E-state index in [1.807, 2.05) is 6.07 Å². The lowest BCUT2D eigenvalue weighted by atomic mass is 9.77. The van der Waals surface area contributed by atoms with Crippen molar-refractivity contribution in [3.8, 4) is 0 Å². The number of hydrogen-bond acceptors (Lipinski definition) is 4. The Labute approximate surface area is 78.3 Å². The Morgan fingerprint density at radius 3 is 2.00 bits per heavy atom. The first kappa shape index (κ1) is 10.3. The summed E-state index contributed by atoms with van der Waals surface area (Å²) in [6.07, 6.45) is 0. The third kappa shape index (κ3) is 3.24. The van der Waals surface area contributed by atoms with Gasteiger partial charge in [0, 0.05) is 0 Å². The van der Waals surface area contributed by atoms with Crippen molar-refractivity contribution in [1.82, 2.24) is 0 Å². The molecule has 0 saturated heterocycles. The average Bonchev–Trinajstić information content (AvgIpc) is 2.19. The molecule has 13 heavy (non-hydrogen) atoms. The molecule has 0 aliphatic rings. The zero-order valence-electron chi connectivity index (χ0n) is 6.83. The van der Waals surface area contributed by atoms with Crippen LogP contribution in [0.4, 0.5) is 0 Å². The van der Waals surface area contributed by atoms with Crippen molar-refractivity contribution in [2.75, 3.05) is 0 Å². The number of benzene rings is 1. The molecule has 4 nitrogen and oxygen atoms in total. The second-order valence-electron chi connectivity index (χ2n) is 2.23. The van der Waals surface area contributed by atoms with Crippen LogP contribution < -0.4 is 5.46 Å². The van der Waals surface area contributed by atoms with Gasteiger partial charge in [0.1, 0.15) is 0 Å². The van der Waals surface area contributed by atoms with Crippen LogP contribution in [0.25, 0.3) is 0 Å². The van der Waals surface area contributed by atoms with Crippen LogP contribution >= 0.6 is 0 Å². The fraction of sp³-hybridized carbons (Fsp3) is 0. The van der Waals surface area contributed by atoms with Crippen LogP contribution in [0, 0.1) is 0 Å². The molecule has 1 aromatic rings. The molecule has 2 radical (unpaired) electrons. The summed E-state index contributed by atoms with van der Waals surface area (Å²) in [7, 11) is 0.207. The van der Waals surface area contributed by atoms with Crippen molar-refractivity contribution in [2.45, 2.75) is 0 Å². The summed E-state index contributed by atoms with van der Waals surface area (Å²) in [4.78, 5) is 0. The van der Waals surface area contributed by atoms with E-state index in [9.17, 15) is 0 Å². The lowest BCUT2D eigenvalue weighted by molar-refractivity contribution is 0.376. The molecule has 0 unspecified atom stereocenters. The minimum absolute atomic E-state index is 0.515. The Hall–Kier alpha value is -0.745. The molecule has 0 aliphatic carbocycles. The molecule has 0 saturated carbocycles. The van der Waals surface area contributed by atoms with Gasteiger partial charge in [-0.05, 0) is 5.46 Å². The van der Waals surface area contributed by atoms with Crippen LogP contribution in [0.2, 0.25) is 0 Å². The maximum Gasteiger partial charge on any atom is 0.470 e. The minimum atomic E-state index is -0.823. The van der Waals surface area contributed by atoms with E-state index in [0.29, 0.717) is 20.8 Å². The van der Waals surface area contributed by atoms with E-state index in [0.717, 1.165) is 0 Å². The van der Waals surface area contributed by atoms with Gasteiger partial charge in [-0.15, -0.1) is 0 Å². The van der Waals surface area contributed by atoms with Gasteiger partial charge in [0.15, 0.2) is 0 Å². The number of hydrogen-bond donors (Lipinski definition) is 2. The lowest BCUT2D eigenvalue weighted by Crippen LogP contribution is -2.39. The molecular formula is C6H7B3O4. The van der Waals surface area contributed by atoms with Crippen molar-refractivity contribution in [3.63, 3.8) is 0 Å². The van der Waals surface area contributed by atoms with Crippen LogP contribution in [0.15, 0.2) is 30.3 Å². The zero-order chi connectivity index (χ0) is 9.52. The molecule has 0 aliphatic heterocycles. The summed E-state index contributed by atoms with van der Waals surface area (Å²) >= 11 is 0. The van der Waals surface area contributed by atoms with Gasteiger partial charge >= 0.3 is 22.5 Å². The van der Waals surface area contributed by atoms with Crippen molar-refractivity contribution < 1.29 is 19.2 Å². The first-order chi connectivity index (χ1) is 6.38. The van der Waals surface area contributed by atoms with Gasteiger partial charge in [-0.3, -0.25) is 0 Å². The van der Waals surface area contributed by atoms with E-state index in [2.05, 4.69) is 9.14 Å². The average molecular weight is 176 g/mol. The Kier molecular flexibility index (Phi) is 4.63. The van der Waals surface area contributed by atoms with E-state index in [-0.39, 0.29) is 0 Å².